The van der Waals surface area contributed by atoms with Crippen LogP contribution in [0.5, 0.6) is 5.75 Å². The molecule has 3 rings (SSSR count). The standard InChI is InChI=1S/C20H24BFO5S/c1-19(2)20(3,4)27-21(26-19)15-8-6-14(7-9-15)13-28(23,24)18-12-16(25-5)10-11-17(18)22/h6-12H,13H2,1-5H3. The molecule has 1 aliphatic rings. The zero-order valence-corrected chi connectivity index (χ0v) is 17.5. The number of sulfone groups is 1. The molecule has 0 unspecified atom stereocenters. The summed E-state index contributed by atoms with van der Waals surface area (Å²) in [6.07, 6.45) is 0. The van der Waals surface area contributed by atoms with Crippen molar-refractivity contribution in [1.29, 1.82) is 0 Å². The average molecular weight is 406 g/mol. The topological polar surface area (TPSA) is 61.8 Å². The Morgan fingerprint density at radius 3 is 2.11 bits per heavy atom. The molecule has 0 spiro atoms. The summed E-state index contributed by atoms with van der Waals surface area (Å²) in [5, 5.41) is 0. The second kappa shape index (κ2) is 7.17. The van der Waals surface area contributed by atoms with E-state index in [4.69, 9.17) is 14.0 Å². The van der Waals surface area contributed by atoms with Gasteiger partial charge in [0, 0.05) is 6.07 Å². The van der Waals surface area contributed by atoms with Gasteiger partial charge in [0.15, 0.2) is 9.84 Å². The fourth-order valence-electron chi connectivity index (χ4n) is 2.90. The largest absolute Gasteiger partial charge is 0.497 e. The van der Waals surface area contributed by atoms with Crippen molar-refractivity contribution in [3.8, 4) is 5.75 Å². The van der Waals surface area contributed by atoms with Crippen molar-refractivity contribution in [2.45, 2.75) is 49.5 Å². The van der Waals surface area contributed by atoms with Crippen molar-refractivity contribution in [2.75, 3.05) is 7.11 Å². The van der Waals surface area contributed by atoms with Crippen LogP contribution in [0.4, 0.5) is 4.39 Å². The van der Waals surface area contributed by atoms with Crippen LogP contribution in [0.3, 0.4) is 0 Å². The molecule has 150 valence electrons. The highest BCUT2D eigenvalue weighted by Gasteiger charge is 2.51. The van der Waals surface area contributed by atoms with E-state index in [0.717, 1.165) is 11.5 Å². The van der Waals surface area contributed by atoms with Crippen LogP contribution in [0, 0.1) is 5.82 Å². The Morgan fingerprint density at radius 1 is 1.00 bits per heavy atom. The first kappa shape index (κ1) is 20.8. The second-order valence-corrected chi connectivity index (χ2v) is 9.84. The van der Waals surface area contributed by atoms with Gasteiger partial charge in [0.1, 0.15) is 16.5 Å². The van der Waals surface area contributed by atoms with Gasteiger partial charge in [-0.2, -0.15) is 0 Å². The smallest absolute Gasteiger partial charge is 0.494 e. The van der Waals surface area contributed by atoms with Gasteiger partial charge in [0.05, 0.1) is 24.1 Å². The van der Waals surface area contributed by atoms with E-state index in [0.29, 0.717) is 5.56 Å². The van der Waals surface area contributed by atoms with E-state index in [1.807, 2.05) is 27.7 Å². The molecule has 0 radical (unpaired) electrons. The number of methoxy groups -OCH3 is 1. The van der Waals surface area contributed by atoms with E-state index < -0.39 is 34.0 Å². The summed E-state index contributed by atoms with van der Waals surface area (Å²) in [5.74, 6) is -0.827. The van der Waals surface area contributed by atoms with Crippen LogP contribution in [0.25, 0.3) is 0 Å². The monoisotopic (exact) mass is 406 g/mol. The summed E-state index contributed by atoms with van der Waals surface area (Å²) >= 11 is 0. The number of rotatable bonds is 5. The zero-order valence-electron chi connectivity index (χ0n) is 16.7. The first-order valence-corrected chi connectivity index (χ1v) is 10.6. The highest BCUT2D eigenvalue weighted by molar-refractivity contribution is 7.90. The molecule has 0 bridgehead atoms. The quantitative estimate of drug-likeness (QED) is 0.715. The first-order valence-electron chi connectivity index (χ1n) is 8.96. The van der Waals surface area contributed by atoms with Crippen LogP contribution in [-0.4, -0.2) is 33.8 Å². The van der Waals surface area contributed by atoms with E-state index in [1.54, 1.807) is 24.3 Å². The van der Waals surface area contributed by atoms with Gasteiger partial charge in [0.25, 0.3) is 0 Å². The maximum Gasteiger partial charge on any atom is 0.494 e. The predicted molar refractivity (Wildman–Crippen MR) is 106 cm³/mol. The van der Waals surface area contributed by atoms with Crippen molar-refractivity contribution in [2.24, 2.45) is 0 Å². The maximum atomic E-state index is 14.1. The summed E-state index contributed by atoms with van der Waals surface area (Å²) < 4.78 is 56.4. The zero-order chi connectivity index (χ0) is 20.7. The molecule has 0 saturated carbocycles. The summed E-state index contributed by atoms with van der Waals surface area (Å²) in [7, 11) is -2.98. The summed E-state index contributed by atoms with van der Waals surface area (Å²) in [5.41, 5.74) is 0.433. The molecular weight excluding hydrogens is 382 g/mol. The average Bonchev–Trinajstić information content (AvgIpc) is 2.83. The SMILES string of the molecule is COc1ccc(F)c(S(=O)(=O)Cc2ccc(B3OC(C)(C)C(C)(C)O3)cc2)c1. The van der Waals surface area contributed by atoms with Crippen LogP contribution in [0.15, 0.2) is 47.4 Å². The van der Waals surface area contributed by atoms with Gasteiger partial charge >= 0.3 is 7.12 Å². The Labute approximate surface area is 165 Å². The highest BCUT2D eigenvalue weighted by atomic mass is 32.2. The molecule has 0 amide bonds. The minimum Gasteiger partial charge on any atom is -0.497 e. The van der Waals surface area contributed by atoms with Gasteiger partial charge in [-0.25, -0.2) is 12.8 Å². The Morgan fingerprint density at radius 2 is 1.57 bits per heavy atom. The summed E-state index contributed by atoms with van der Waals surface area (Å²) in [4.78, 5) is -0.373. The van der Waals surface area contributed by atoms with Crippen molar-refractivity contribution in [1.82, 2.24) is 0 Å². The molecule has 2 aromatic carbocycles. The van der Waals surface area contributed by atoms with Gasteiger partial charge in [-0.3, -0.25) is 0 Å². The van der Waals surface area contributed by atoms with E-state index in [-0.39, 0.29) is 16.4 Å². The van der Waals surface area contributed by atoms with E-state index in [1.165, 1.54) is 19.2 Å². The molecule has 1 aliphatic heterocycles. The Bertz CT molecular complexity index is 955. The van der Waals surface area contributed by atoms with Crippen LogP contribution in [0.1, 0.15) is 33.3 Å². The molecule has 1 fully saturated rings. The number of benzene rings is 2. The molecule has 1 saturated heterocycles. The van der Waals surface area contributed by atoms with Gasteiger partial charge in [-0.05, 0) is 50.9 Å². The molecule has 0 N–H and O–H groups in total. The van der Waals surface area contributed by atoms with E-state index in [9.17, 15) is 12.8 Å². The van der Waals surface area contributed by atoms with Crippen LogP contribution in [-0.2, 0) is 24.9 Å². The lowest BCUT2D eigenvalue weighted by atomic mass is 9.79. The molecule has 2 aromatic rings. The van der Waals surface area contributed by atoms with Gasteiger partial charge in [-0.15, -0.1) is 0 Å². The van der Waals surface area contributed by atoms with Gasteiger partial charge in [0.2, 0.25) is 0 Å². The fourth-order valence-corrected chi connectivity index (χ4v) is 4.34. The van der Waals surface area contributed by atoms with Crippen molar-refractivity contribution in [3.63, 3.8) is 0 Å². The fraction of sp³-hybridized carbons (Fsp3) is 0.400. The summed E-state index contributed by atoms with van der Waals surface area (Å²) in [6, 6.07) is 10.6. The molecule has 28 heavy (non-hydrogen) atoms. The number of halogens is 1. The lowest BCUT2D eigenvalue weighted by molar-refractivity contribution is 0.00578. The lowest BCUT2D eigenvalue weighted by Gasteiger charge is -2.32. The Kier molecular flexibility index (Phi) is 5.33. The van der Waals surface area contributed by atoms with Gasteiger partial charge in [-0.1, -0.05) is 24.3 Å². The molecule has 5 nitrogen and oxygen atoms in total. The minimum atomic E-state index is -3.86. The molecule has 1 heterocycles. The van der Waals surface area contributed by atoms with Crippen LogP contribution in [0.2, 0.25) is 0 Å². The van der Waals surface area contributed by atoms with Crippen molar-refractivity contribution in [3.05, 3.63) is 53.8 Å². The number of hydrogen-bond donors (Lipinski definition) is 0. The third-order valence-corrected chi connectivity index (χ3v) is 7.03. The predicted octanol–water partition coefficient (Wildman–Crippen LogP) is 3.11. The van der Waals surface area contributed by atoms with Crippen LogP contribution >= 0.6 is 0 Å². The second-order valence-electron chi connectivity index (χ2n) is 7.89. The minimum absolute atomic E-state index is 0.288. The van der Waals surface area contributed by atoms with Gasteiger partial charge < -0.3 is 14.0 Å². The number of hydrogen-bond acceptors (Lipinski definition) is 5. The molecular formula is C20H24BFO5S. The normalized spacial score (nSPS) is 18.3. The third-order valence-electron chi connectivity index (χ3n) is 5.34. The molecule has 8 heteroatoms. The van der Waals surface area contributed by atoms with Crippen molar-refractivity contribution < 1.29 is 26.9 Å². The molecule has 0 aromatic heterocycles. The third kappa shape index (κ3) is 3.95. The lowest BCUT2D eigenvalue weighted by Crippen LogP contribution is -2.41. The maximum absolute atomic E-state index is 14.1. The summed E-state index contributed by atoms with van der Waals surface area (Å²) in [6.45, 7) is 7.88. The number of ether oxygens (including phenoxy) is 1. The Balaban J connectivity index is 1.80. The highest BCUT2D eigenvalue weighted by Crippen LogP contribution is 2.36. The van der Waals surface area contributed by atoms with E-state index in [2.05, 4.69) is 0 Å². The van der Waals surface area contributed by atoms with Crippen LogP contribution < -0.4 is 10.2 Å². The molecule has 0 atom stereocenters. The van der Waals surface area contributed by atoms with E-state index >= 15 is 0 Å². The first-order chi connectivity index (χ1) is 12.9. The molecule has 0 aliphatic carbocycles. The Hall–Kier alpha value is -1.90. The van der Waals surface area contributed by atoms with Crippen molar-refractivity contribution >= 4 is 22.4 Å².